The summed E-state index contributed by atoms with van der Waals surface area (Å²) in [5.41, 5.74) is 4.16. The molecule has 0 spiro atoms. The number of carbonyl (C=O) groups excluding carboxylic acids is 2. The third-order valence-corrected chi connectivity index (χ3v) is 9.44. The highest BCUT2D eigenvalue weighted by Gasteiger charge is 2.38. The number of nitrogens with zero attached hydrogens (tertiary/aromatic N) is 3. The highest BCUT2D eigenvalue weighted by molar-refractivity contribution is 6.34. The molecule has 0 aromatic heterocycles. The van der Waals surface area contributed by atoms with E-state index in [2.05, 4.69) is 9.80 Å². The Morgan fingerprint density at radius 1 is 0.744 bits per heavy atom. The average Bonchev–Trinajstić information content (AvgIpc) is 3.78. The van der Waals surface area contributed by atoms with E-state index in [-0.39, 0.29) is 30.6 Å². The summed E-state index contributed by atoms with van der Waals surface area (Å²) in [7, 11) is 0. The predicted octanol–water partition coefficient (Wildman–Crippen LogP) is 5.09. The summed E-state index contributed by atoms with van der Waals surface area (Å²) in [6.07, 6.45) is 5.04. The number of imide groups is 1. The van der Waals surface area contributed by atoms with Gasteiger partial charge in [-0.15, -0.1) is 0 Å². The van der Waals surface area contributed by atoms with Gasteiger partial charge in [0.1, 0.15) is 0 Å². The lowest BCUT2D eigenvalue weighted by atomic mass is 9.99. The Labute approximate surface area is 252 Å². The van der Waals surface area contributed by atoms with Crippen molar-refractivity contribution < 1.29 is 24.2 Å². The minimum Gasteiger partial charge on any atom is -0.392 e. The van der Waals surface area contributed by atoms with Crippen molar-refractivity contribution in [2.45, 2.75) is 63.3 Å². The number of ether oxygens (including phenoxy) is 2. The summed E-state index contributed by atoms with van der Waals surface area (Å²) in [6, 6.07) is 22.8. The number of hydrogen-bond donors (Lipinski definition) is 1. The molecule has 8 nitrogen and oxygen atoms in total. The first-order valence-electron chi connectivity index (χ1n) is 15.6. The largest absolute Gasteiger partial charge is 0.392 e. The van der Waals surface area contributed by atoms with Gasteiger partial charge in [-0.1, -0.05) is 48.5 Å². The maximum atomic E-state index is 13.0. The van der Waals surface area contributed by atoms with Crippen LogP contribution in [-0.4, -0.2) is 71.6 Å². The molecule has 0 unspecified atom stereocenters. The van der Waals surface area contributed by atoms with Crippen LogP contribution >= 0.6 is 0 Å². The number of fused-ring (bicyclic) bond motifs is 1. The van der Waals surface area contributed by atoms with Gasteiger partial charge in [-0.05, 0) is 80.7 Å². The van der Waals surface area contributed by atoms with Gasteiger partial charge in [0.05, 0.1) is 35.6 Å². The highest BCUT2D eigenvalue weighted by atomic mass is 16.7. The summed E-state index contributed by atoms with van der Waals surface area (Å²) in [5.74, 6) is -0.613. The fraction of sp³-hybridized carbons (Fsp3) is 0.429. The first-order chi connectivity index (χ1) is 21.1. The molecular formula is C35H39N3O5. The number of carbonyl (C=O) groups is 2. The summed E-state index contributed by atoms with van der Waals surface area (Å²) in [5, 5.41) is 9.54. The number of hydrogen-bond acceptors (Lipinski definition) is 7. The number of aliphatic hydroxyl groups excluding tert-OH is 1. The molecule has 3 fully saturated rings. The molecule has 4 aliphatic heterocycles. The number of likely N-dealkylation sites (tertiary alicyclic amines) is 2. The van der Waals surface area contributed by atoms with Crippen LogP contribution in [0.3, 0.4) is 0 Å². The van der Waals surface area contributed by atoms with Gasteiger partial charge in [0, 0.05) is 31.1 Å². The van der Waals surface area contributed by atoms with Gasteiger partial charge < -0.3 is 19.5 Å². The van der Waals surface area contributed by atoms with E-state index in [1.807, 2.05) is 36.4 Å². The molecule has 43 heavy (non-hydrogen) atoms. The maximum absolute atomic E-state index is 13.0. The molecule has 0 radical (unpaired) electrons. The molecular weight excluding hydrogens is 542 g/mol. The monoisotopic (exact) mass is 581 g/mol. The molecule has 8 heteroatoms. The fourth-order valence-corrected chi connectivity index (χ4v) is 7.10. The molecule has 4 heterocycles. The van der Waals surface area contributed by atoms with Gasteiger partial charge in [-0.2, -0.15) is 0 Å². The third-order valence-electron chi connectivity index (χ3n) is 9.44. The number of anilines is 1. The van der Waals surface area contributed by atoms with Crippen molar-refractivity contribution in [2.24, 2.45) is 0 Å². The summed E-state index contributed by atoms with van der Waals surface area (Å²) < 4.78 is 13.2. The topological polar surface area (TPSA) is 82.6 Å². The van der Waals surface area contributed by atoms with Crippen LogP contribution in [0.2, 0.25) is 0 Å². The molecule has 224 valence electrons. The Morgan fingerprint density at radius 2 is 1.42 bits per heavy atom. The van der Waals surface area contributed by atoms with Crippen molar-refractivity contribution in [3.8, 4) is 0 Å². The van der Waals surface area contributed by atoms with E-state index in [9.17, 15) is 14.7 Å². The normalized spacial score (nSPS) is 26.4. The number of benzene rings is 3. The lowest BCUT2D eigenvalue weighted by Gasteiger charge is -2.39. The molecule has 4 atom stereocenters. The average molecular weight is 582 g/mol. The van der Waals surface area contributed by atoms with E-state index in [1.54, 1.807) is 36.4 Å². The van der Waals surface area contributed by atoms with Gasteiger partial charge in [-0.25, -0.2) is 4.90 Å². The minimum absolute atomic E-state index is 0.00693. The molecule has 3 aromatic carbocycles. The number of amides is 2. The van der Waals surface area contributed by atoms with Crippen molar-refractivity contribution in [1.29, 1.82) is 0 Å². The summed E-state index contributed by atoms with van der Waals surface area (Å²) in [6.45, 7) is 5.52. The van der Waals surface area contributed by atoms with Gasteiger partial charge in [0.15, 0.2) is 6.29 Å². The highest BCUT2D eigenvalue weighted by Crippen LogP contribution is 2.39. The van der Waals surface area contributed by atoms with Gasteiger partial charge >= 0.3 is 0 Å². The zero-order chi connectivity index (χ0) is 29.3. The molecule has 3 aromatic rings. The van der Waals surface area contributed by atoms with Crippen LogP contribution in [-0.2, 0) is 16.1 Å². The minimum atomic E-state index is -0.586. The molecule has 7 rings (SSSR count). The first-order valence-corrected chi connectivity index (χ1v) is 15.6. The van der Waals surface area contributed by atoms with Crippen LogP contribution in [0.15, 0.2) is 72.8 Å². The van der Waals surface area contributed by atoms with E-state index in [1.165, 1.54) is 43.7 Å². The van der Waals surface area contributed by atoms with E-state index in [0.29, 0.717) is 22.9 Å². The first kappa shape index (κ1) is 28.4. The van der Waals surface area contributed by atoms with Gasteiger partial charge in [-0.3, -0.25) is 14.5 Å². The fourth-order valence-electron chi connectivity index (χ4n) is 7.10. The maximum Gasteiger partial charge on any atom is 0.266 e. The smallest absolute Gasteiger partial charge is 0.266 e. The van der Waals surface area contributed by atoms with Crippen LogP contribution < -0.4 is 4.90 Å². The predicted molar refractivity (Wildman–Crippen MR) is 163 cm³/mol. The number of aliphatic hydroxyl groups is 1. The van der Waals surface area contributed by atoms with Crippen molar-refractivity contribution in [2.75, 3.05) is 37.6 Å². The lowest BCUT2D eigenvalue weighted by molar-refractivity contribution is -0.253. The zero-order valence-corrected chi connectivity index (χ0v) is 24.4. The van der Waals surface area contributed by atoms with E-state index >= 15 is 0 Å². The Bertz CT molecular complexity index is 1420. The summed E-state index contributed by atoms with van der Waals surface area (Å²) >= 11 is 0. The second-order valence-corrected chi connectivity index (χ2v) is 12.2. The molecule has 0 saturated carbocycles. The van der Waals surface area contributed by atoms with Crippen LogP contribution in [0.25, 0.3) is 0 Å². The zero-order valence-electron chi connectivity index (χ0n) is 24.4. The SMILES string of the molecule is O=C1c2ccccc2C(=O)N1c1ccc([C@H]2O[C@@H](CN3CCC[C@H]3CN3CCCC3)C[C@@H](c3ccc(CO)cc3)O2)cc1. The van der Waals surface area contributed by atoms with Crippen LogP contribution in [0.5, 0.6) is 0 Å². The van der Waals surface area contributed by atoms with Gasteiger partial charge in [0.25, 0.3) is 11.8 Å². The molecule has 1 N–H and O–H groups in total. The van der Waals surface area contributed by atoms with E-state index in [0.717, 1.165) is 42.7 Å². The van der Waals surface area contributed by atoms with Crippen molar-refractivity contribution in [1.82, 2.24) is 9.80 Å². The Morgan fingerprint density at radius 3 is 2.09 bits per heavy atom. The van der Waals surface area contributed by atoms with Crippen LogP contribution in [0, 0.1) is 0 Å². The van der Waals surface area contributed by atoms with Crippen LogP contribution in [0.1, 0.15) is 81.9 Å². The lowest BCUT2D eigenvalue weighted by Crippen LogP contribution is -2.45. The van der Waals surface area contributed by atoms with E-state index in [4.69, 9.17) is 9.47 Å². The van der Waals surface area contributed by atoms with Crippen LogP contribution in [0.4, 0.5) is 5.69 Å². The molecule has 4 aliphatic rings. The van der Waals surface area contributed by atoms with Crippen molar-refractivity contribution >= 4 is 17.5 Å². The second kappa shape index (κ2) is 12.3. The van der Waals surface area contributed by atoms with Crippen molar-refractivity contribution in [3.05, 3.63) is 101 Å². The Hall–Kier alpha value is -3.40. The standard InChI is InChI=1S/C35H39N3O5/c39-23-24-9-11-25(12-10-24)32-20-29(22-37-19-5-6-28(37)21-36-17-3-4-18-36)42-35(43-32)26-13-15-27(16-14-26)38-33(40)30-7-1-2-8-31(30)34(38)41/h1-2,7-16,28-29,32,35,39H,3-6,17-23H2/t28-,29+,32-,35-/m0/s1. The van der Waals surface area contributed by atoms with Crippen molar-refractivity contribution in [3.63, 3.8) is 0 Å². The van der Waals surface area contributed by atoms with Gasteiger partial charge in [0.2, 0.25) is 0 Å². The molecule has 3 saturated heterocycles. The number of rotatable bonds is 8. The Kier molecular flexibility index (Phi) is 8.12. The second-order valence-electron chi connectivity index (χ2n) is 12.2. The third kappa shape index (κ3) is 5.78. The molecule has 2 amide bonds. The Balaban J connectivity index is 1.10. The molecule has 0 aliphatic carbocycles. The molecule has 0 bridgehead atoms. The summed E-state index contributed by atoms with van der Waals surface area (Å²) in [4.78, 5) is 32.5. The quantitative estimate of drug-likeness (QED) is 0.372. The van der Waals surface area contributed by atoms with E-state index < -0.39 is 6.29 Å².